The van der Waals surface area contributed by atoms with E-state index in [4.69, 9.17) is 5.73 Å². The molecule has 1 aliphatic carbocycles. The van der Waals surface area contributed by atoms with E-state index in [1.54, 1.807) is 0 Å². The van der Waals surface area contributed by atoms with Crippen LogP contribution in [0.2, 0.25) is 0 Å². The van der Waals surface area contributed by atoms with Crippen LogP contribution in [0.5, 0.6) is 0 Å². The highest BCUT2D eigenvalue weighted by atomic mass is 15.0. The predicted molar refractivity (Wildman–Crippen MR) is 57.7 cm³/mol. The molecule has 0 aromatic carbocycles. The lowest BCUT2D eigenvalue weighted by Gasteiger charge is -2.35. The molecule has 3 N–H and O–H groups in total. The summed E-state index contributed by atoms with van der Waals surface area (Å²) in [7, 11) is 0. The Bertz CT molecular complexity index is 130. The highest BCUT2D eigenvalue weighted by Gasteiger charge is 2.26. The second-order valence-electron chi connectivity index (χ2n) is 4.49. The number of hydrogen-bond acceptors (Lipinski definition) is 2. The Hall–Kier alpha value is -0.0800. The van der Waals surface area contributed by atoms with E-state index in [1.165, 1.54) is 38.5 Å². The SMILES string of the molecule is CCCCCC(C)NC1CC(N)C1. The molecule has 2 nitrogen and oxygen atoms in total. The molecule has 0 saturated heterocycles. The molecule has 1 unspecified atom stereocenters. The molecule has 0 aromatic heterocycles. The van der Waals surface area contributed by atoms with Gasteiger partial charge in [0, 0.05) is 18.1 Å². The second kappa shape index (κ2) is 5.61. The lowest BCUT2D eigenvalue weighted by atomic mass is 9.87. The minimum atomic E-state index is 0.473. The van der Waals surface area contributed by atoms with Crippen LogP contribution >= 0.6 is 0 Å². The number of nitrogens with one attached hydrogen (secondary N) is 1. The molecule has 0 radical (unpaired) electrons. The molecule has 0 amide bonds. The molecular formula is C11H24N2. The van der Waals surface area contributed by atoms with Gasteiger partial charge in [-0.25, -0.2) is 0 Å². The molecule has 1 atom stereocenters. The van der Waals surface area contributed by atoms with Crippen molar-refractivity contribution in [2.75, 3.05) is 0 Å². The van der Waals surface area contributed by atoms with Gasteiger partial charge in [0.1, 0.15) is 0 Å². The monoisotopic (exact) mass is 184 g/mol. The van der Waals surface area contributed by atoms with Gasteiger partial charge in [-0.15, -0.1) is 0 Å². The molecule has 0 aromatic rings. The normalized spacial score (nSPS) is 29.8. The Balaban J connectivity index is 1.95. The first-order valence-electron chi connectivity index (χ1n) is 5.74. The molecule has 13 heavy (non-hydrogen) atoms. The molecule has 0 bridgehead atoms. The fourth-order valence-corrected chi connectivity index (χ4v) is 1.98. The summed E-state index contributed by atoms with van der Waals surface area (Å²) >= 11 is 0. The third kappa shape index (κ3) is 4.10. The van der Waals surface area contributed by atoms with E-state index in [9.17, 15) is 0 Å². The van der Waals surface area contributed by atoms with Crippen molar-refractivity contribution in [2.45, 2.75) is 70.5 Å². The number of rotatable bonds is 6. The van der Waals surface area contributed by atoms with E-state index in [2.05, 4.69) is 19.2 Å². The summed E-state index contributed by atoms with van der Waals surface area (Å²) in [6.07, 6.45) is 7.73. The molecule has 1 aliphatic rings. The zero-order chi connectivity index (χ0) is 9.68. The van der Waals surface area contributed by atoms with E-state index in [-0.39, 0.29) is 0 Å². The fourth-order valence-electron chi connectivity index (χ4n) is 1.98. The summed E-state index contributed by atoms with van der Waals surface area (Å²) < 4.78 is 0. The smallest absolute Gasteiger partial charge is 0.00990 e. The minimum absolute atomic E-state index is 0.473. The zero-order valence-electron chi connectivity index (χ0n) is 9.05. The number of nitrogens with two attached hydrogens (primary N) is 1. The summed E-state index contributed by atoms with van der Waals surface area (Å²) in [5, 5.41) is 3.63. The van der Waals surface area contributed by atoms with Gasteiger partial charge in [-0.05, 0) is 26.2 Å². The Labute approximate surface area is 82.3 Å². The van der Waals surface area contributed by atoms with Crippen LogP contribution in [0, 0.1) is 0 Å². The van der Waals surface area contributed by atoms with Crippen molar-refractivity contribution < 1.29 is 0 Å². The molecule has 0 aliphatic heterocycles. The van der Waals surface area contributed by atoms with Crippen molar-refractivity contribution in [1.82, 2.24) is 5.32 Å². The van der Waals surface area contributed by atoms with Crippen molar-refractivity contribution in [1.29, 1.82) is 0 Å². The van der Waals surface area contributed by atoms with Gasteiger partial charge in [0.2, 0.25) is 0 Å². The van der Waals surface area contributed by atoms with Crippen LogP contribution in [0.15, 0.2) is 0 Å². The Morgan fingerprint density at radius 3 is 2.62 bits per heavy atom. The van der Waals surface area contributed by atoms with Gasteiger partial charge >= 0.3 is 0 Å². The molecule has 1 fully saturated rings. The number of hydrogen-bond donors (Lipinski definition) is 2. The third-order valence-corrected chi connectivity index (χ3v) is 2.94. The van der Waals surface area contributed by atoms with E-state index in [1.807, 2.05) is 0 Å². The third-order valence-electron chi connectivity index (χ3n) is 2.94. The van der Waals surface area contributed by atoms with Crippen molar-refractivity contribution in [3.05, 3.63) is 0 Å². The van der Waals surface area contributed by atoms with Crippen LogP contribution < -0.4 is 11.1 Å². The van der Waals surface area contributed by atoms with E-state index in [0.29, 0.717) is 18.1 Å². The molecule has 2 heteroatoms. The van der Waals surface area contributed by atoms with Gasteiger partial charge in [-0.2, -0.15) is 0 Å². The van der Waals surface area contributed by atoms with E-state index >= 15 is 0 Å². The minimum Gasteiger partial charge on any atom is -0.328 e. The lowest BCUT2D eigenvalue weighted by Crippen LogP contribution is -2.51. The summed E-state index contributed by atoms with van der Waals surface area (Å²) in [6.45, 7) is 4.54. The second-order valence-corrected chi connectivity index (χ2v) is 4.49. The Kier molecular flexibility index (Phi) is 4.74. The topological polar surface area (TPSA) is 38.0 Å². The van der Waals surface area contributed by atoms with Crippen LogP contribution in [0.1, 0.15) is 52.4 Å². The predicted octanol–water partition coefficient (Wildman–Crippen LogP) is 2.03. The first-order chi connectivity index (χ1) is 6.22. The summed E-state index contributed by atoms with van der Waals surface area (Å²) in [6, 6.07) is 1.87. The Morgan fingerprint density at radius 1 is 1.38 bits per heavy atom. The summed E-state index contributed by atoms with van der Waals surface area (Å²) in [4.78, 5) is 0. The van der Waals surface area contributed by atoms with Crippen molar-refractivity contribution in [3.8, 4) is 0 Å². The van der Waals surface area contributed by atoms with Crippen LogP contribution in [-0.2, 0) is 0 Å². The van der Waals surface area contributed by atoms with Crippen molar-refractivity contribution >= 4 is 0 Å². The van der Waals surface area contributed by atoms with Gasteiger partial charge in [-0.1, -0.05) is 26.2 Å². The molecule has 78 valence electrons. The lowest BCUT2D eigenvalue weighted by molar-refractivity contribution is 0.265. The van der Waals surface area contributed by atoms with Gasteiger partial charge in [0.15, 0.2) is 0 Å². The van der Waals surface area contributed by atoms with Gasteiger partial charge in [-0.3, -0.25) is 0 Å². The quantitative estimate of drug-likeness (QED) is 0.620. The van der Waals surface area contributed by atoms with Crippen LogP contribution in [0.3, 0.4) is 0 Å². The zero-order valence-corrected chi connectivity index (χ0v) is 9.05. The van der Waals surface area contributed by atoms with E-state index < -0.39 is 0 Å². The molecule has 0 heterocycles. The largest absolute Gasteiger partial charge is 0.328 e. The number of unbranched alkanes of at least 4 members (excludes halogenated alkanes) is 2. The summed E-state index contributed by atoms with van der Waals surface area (Å²) in [5.74, 6) is 0. The molecule has 0 spiro atoms. The maximum Gasteiger partial charge on any atom is 0.00990 e. The van der Waals surface area contributed by atoms with Gasteiger partial charge in [0.25, 0.3) is 0 Å². The first kappa shape index (κ1) is 11.0. The van der Waals surface area contributed by atoms with Crippen LogP contribution in [0.4, 0.5) is 0 Å². The van der Waals surface area contributed by atoms with Crippen LogP contribution in [0.25, 0.3) is 0 Å². The average molecular weight is 184 g/mol. The maximum absolute atomic E-state index is 5.73. The first-order valence-corrected chi connectivity index (χ1v) is 5.74. The van der Waals surface area contributed by atoms with Crippen molar-refractivity contribution in [2.24, 2.45) is 5.73 Å². The van der Waals surface area contributed by atoms with Crippen molar-refractivity contribution in [3.63, 3.8) is 0 Å². The van der Waals surface area contributed by atoms with Crippen LogP contribution in [-0.4, -0.2) is 18.1 Å². The Morgan fingerprint density at radius 2 is 2.08 bits per heavy atom. The molecular weight excluding hydrogens is 160 g/mol. The van der Waals surface area contributed by atoms with E-state index in [0.717, 1.165) is 0 Å². The highest BCUT2D eigenvalue weighted by Crippen LogP contribution is 2.18. The highest BCUT2D eigenvalue weighted by molar-refractivity contribution is 4.88. The van der Waals surface area contributed by atoms with Gasteiger partial charge in [0.05, 0.1) is 0 Å². The average Bonchev–Trinajstić information content (AvgIpc) is 2.02. The fraction of sp³-hybridized carbons (Fsp3) is 1.00. The van der Waals surface area contributed by atoms with Gasteiger partial charge < -0.3 is 11.1 Å². The summed E-state index contributed by atoms with van der Waals surface area (Å²) in [5.41, 5.74) is 5.73. The standard InChI is InChI=1S/C11H24N2/c1-3-4-5-6-9(2)13-11-7-10(12)8-11/h9-11,13H,3-8,12H2,1-2H3. The maximum atomic E-state index is 5.73. The molecule has 1 rings (SSSR count). The molecule has 1 saturated carbocycles.